The van der Waals surface area contributed by atoms with E-state index in [1.807, 2.05) is 26.0 Å². The first kappa shape index (κ1) is 13.8. The molecule has 0 aliphatic carbocycles. The van der Waals surface area contributed by atoms with Crippen molar-refractivity contribution in [2.75, 3.05) is 13.1 Å². The largest absolute Gasteiger partial charge is 0.422 e. The van der Waals surface area contributed by atoms with E-state index in [1.165, 1.54) is 0 Å². The van der Waals surface area contributed by atoms with Gasteiger partial charge < -0.3 is 14.6 Å². The van der Waals surface area contributed by atoms with E-state index < -0.39 is 5.63 Å². The molecule has 21 heavy (non-hydrogen) atoms. The zero-order valence-electron chi connectivity index (χ0n) is 12.1. The summed E-state index contributed by atoms with van der Waals surface area (Å²) in [6.45, 7) is 5.34. The Kier molecular flexibility index (Phi) is 3.51. The molecule has 0 saturated carbocycles. The summed E-state index contributed by atoms with van der Waals surface area (Å²) >= 11 is 0. The molecule has 1 amide bonds. The molecule has 0 bridgehead atoms. The molecule has 110 valence electrons. The van der Waals surface area contributed by atoms with E-state index in [2.05, 4.69) is 5.32 Å². The summed E-state index contributed by atoms with van der Waals surface area (Å²) in [5.74, 6) is -0.254. The molecule has 1 fully saturated rings. The minimum absolute atomic E-state index is 0.0390. The van der Waals surface area contributed by atoms with Crippen molar-refractivity contribution in [2.24, 2.45) is 0 Å². The molecule has 0 spiro atoms. The highest BCUT2D eigenvalue weighted by molar-refractivity contribution is 5.96. The molecule has 3 rings (SSSR count). The molecule has 2 atom stereocenters. The number of carbonyl (C=O) groups is 1. The predicted molar refractivity (Wildman–Crippen MR) is 80.4 cm³/mol. The van der Waals surface area contributed by atoms with Gasteiger partial charge in [-0.2, -0.15) is 0 Å². The molecule has 2 heterocycles. The highest BCUT2D eigenvalue weighted by atomic mass is 16.4. The van der Waals surface area contributed by atoms with Gasteiger partial charge in [-0.05, 0) is 26.0 Å². The van der Waals surface area contributed by atoms with Gasteiger partial charge in [0.1, 0.15) is 11.1 Å². The average Bonchev–Trinajstić information content (AvgIpc) is 2.48. The lowest BCUT2D eigenvalue weighted by molar-refractivity contribution is 0.0599. The van der Waals surface area contributed by atoms with Crippen LogP contribution in [0.1, 0.15) is 24.2 Å². The third-order valence-electron chi connectivity index (χ3n) is 4.17. The number of amides is 1. The van der Waals surface area contributed by atoms with Crippen LogP contribution in [0.2, 0.25) is 0 Å². The van der Waals surface area contributed by atoms with Crippen LogP contribution >= 0.6 is 0 Å². The van der Waals surface area contributed by atoms with Gasteiger partial charge in [-0.3, -0.25) is 4.79 Å². The third-order valence-corrected chi connectivity index (χ3v) is 4.17. The lowest BCUT2D eigenvalue weighted by Gasteiger charge is -2.38. The molecule has 1 aliphatic heterocycles. The monoisotopic (exact) mass is 286 g/mol. The van der Waals surface area contributed by atoms with Crippen LogP contribution in [0.5, 0.6) is 0 Å². The fourth-order valence-corrected chi connectivity index (χ4v) is 2.71. The van der Waals surface area contributed by atoms with E-state index in [9.17, 15) is 9.59 Å². The van der Waals surface area contributed by atoms with Gasteiger partial charge in [0, 0.05) is 30.6 Å². The maximum Gasteiger partial charge on any atom is 0.349 e. The molecule has 5 nitrogen and oxygen atoms in total. The topological polar surface area (TPSA) is 62.6 Å². The number of piperazine rings is 1. The first-order valence-electron chi connectivity index (χ1n) is 7.15. The first-order chi connectivity index (χ1) is 10.1. The summed E-state index contributed by atoms with van der Waals surface area (Å²) in [5.41, 5.74) is 0.0347. The second-order valence-electron chi connectivity index (χ2n) is 5.47. The van der Waals surface area contributed by atoms with Gasteiger partial charge in [-0.25, -0.2) is 4.79 Å². The second-order valence-corrected chi connectivity index (χ2v) is 5.47. The number of fused-ring (bicyclic) bond motifs is 1. The number of benzene rings is 1. The summed E-state index contributed by atoms with van der Waals surface area (Å²) in [7, 11) is 0. The van der Waals surface area contributed by atoms with Crippen molar-refractivity contribution in [2.45, 2.75) is 25.9 Å². The molecule has 1 aromatic carbocycles. The van der Waals surface area contributed by atoms with Crippen LogP contribution in [0.4, 0.5) is 0 Å². The number of nitrogens with zero attached hydrogens (tertiary/aromatic N) is 1. The molecule has 1 aromatic heterocycles. The van der Waals surface area contributed by atoms with Crippen molar-refractivity contribution in [3.05, 3.63) is 46.3 Å². The number of hydrogen-bond donors (Lipinski definition) is 1. The molecule has 2 aromatic rings. The van der Waals surface area contributed by atoms with E-state index in [-0.39, 0.29) is 23.6 Å². The second kappa shape index (κ2) is 5.33. The van der Waals surface area contributed by atoms with Crippen LogP contribution in [0.3, 0.4) is 0 Å². The van der Waals surface area contributed by atoms with Crippen LogP contribution in [0.25, 0.3) is 11.0 Å². The first-order valence-corrected chi connectivity index (χ1v) is 7.15. The van der Waals surface area contributed by atoms with Crippen molar-refractivity contribution in [3.63, 3.8) is 0 Å². The minimum atomic E-state index is -0.572. The van der Waals surface area contributed by atoms with E-state index >= 15 is 0 Å². The van der Waals surface area contributed by atoms with Gasteiger partial charge in [0.15, 0.2) is 0 Å². The van der Waals surface area contributed by atoms with Gasteiger partial charge in [0.05, 0.1) is 0 Å². The van der Waals surface area contributed by atoms with Gasteiger partial charge in [0.2, 0.25) is 0 Å². The van der Waals surface area contributed by atoms with Crippen molar-refractivity contribution >= 4 is 16.9 Å². The van der Waals surface area contributed by atoms with Crippen molar-refractivity contribution < 1.29 is 9.21 Å². The molecule has 1 aliphatic rings. The van der Waals surface area contributed by atoms with Crippen LogP contribution in [-0.2, 0) is 0 Å². The normalized spacial score (nSPS) is 22.5. The minimum Gasteiger partial charge on any atom is -0.422 e. The fourth-order valence-electron chi connectivity index (χ4n) is 2.71. The van der Waals surface area contributed by atoms with Gasteiger partial charge in [0.25, 0.3) is 5.91 Å². The fraction of sp³-hybridized carbons (Fsp3) is 0.375. The smallest absolute Gasteiger partial charge is 0.349 e. The van der Waals surface area contributed by atoms with E-state index in [0.717, 1.165) is 11.9 Å². The van der Waals surface area contributed by atoms with Gasteiger partial charge >= 0.3 is 5.63 Å². The number of rotatable bonds is 1. The SMILES string of the molecule is CC1NCCN(C(=O)c2cc3ccccc3oc2=O)C1C. The standard InChI is InChI=1S/C16H18N2O3/c1-10-11(2)18(8-7-17-10)15(19)13-9-12-5-3-4-6-14(12)21-16(13)20/h3-6,9-11,17H,7-8H2,1-2H3. The Labute approximate surface area is 122 Å². The molecule has 5 heteroatoms. The van der Waals surface area contributed by atoms with Crippen LogP contribution in [0.15, 0.2) is 39.5 Å². The Balaban J connectivity index is 2.01. The average molecular weight is 286 g/mol. The Bertz CT molecular complexity index is 738. The summed E-state index contributed by atoms with van der Waals surface area (Å²) < 4.78 is 5.25. The number of hydrogen-bond acceptors (Lipinski definition) is 4. The summed E-state index contributed by atoms with van der Waals surface area (Å²) in [6, 6.07) is 9.08. The summed E-state index contributed by atoms with van der Waals surface area (Å²) in [4.78, 5) is 26.5. The lowest BCUT2D eigenvalue weighted by Crippen LogP contribution is -2.57. The number of carbonyl (C=O) groups excluding carboxylic acids is 1. The van der Waals surface area contributed by atoms with Crippen LogP contribution in [-0.4, -0.2) is 36.0 Å². The Morgan fingerprint density at radius 2 is 2.10 bits per heavy atom. The molecular formula is C16H18N2O3. The summed E-state index contributed by atoms with van der Waals surface area (Å²) in [6.07, 6.45) is 0. The molecule has 2 unspecified atom stereocenters. The highest BCUT2D eigenvalue weighted by Gasteiger charge is 2.30. The molecule has 0 radical (unpaired) electrons. The summed E-state index contributed by atoms with van der Waals surface area (Å²) in [5, 5.41) is 4.08. The highest BCUT2D eigenvalue weighted by Crippen LogP contribution is 2.16. The van der Waals surface area contributed by atoms with Crippen LogP contribution in [0, 0.1) is 0 Å². The van der Waals surface area contributed by atoms with E-state index in [0.29, 0.717) is 12.1 Å². The van der Waals surface area contributed by atoms with Gasteiger partial charge in [-0.15, -0.1) is 0 Å². The van der Waals surface area contributed by atoms with E-state index in [1.54, 1.807) is 23.1 Å². The maximum atomic E-state index is 12.7. The Morgan fingerprint density at radius 1 is 1.33 bits per heavy atom. The maximum absolute atomic E-state index is 12.7. The Hall–Kier alpha value is -2.14. The molecule has 1 saturated heterocycles. The van der Waals surface area contributed by atoms with Crippen LogP contribution < -0.4 is 10.9 Å². The van der Waals surface area contributed by atoms with Gasteiger partial charge in [-0.1, -0.05) is 18.2 Å². The number of nitrogens with one attached hydrogen (secondary N) is 1. The lowest BCUT2D eigenvalue weighted by atomic mass is 10.1. The predicted octanol–water partition coefficient (Wildman–Crippen LogP) is 1.62. The zero-order valence-corrected chi connectivity index (χ0v) is 12.1. The number of para-hydroxylation sites is 1. The molecule has 1 N–H and O–H groups in total. The quantitative estimate of drug-likeness (QED) is 0.809. The zero-order chi connectivity index (χ0) is 15.0. The van der Waals surface area contributed by atoms with Crippen molar-refractivity contribution in [1.82, 2.24) is 10.2 Å². The van der Waals surface area contributed by atoms with E-state index in [4.69, 9.17) is 4.42 Å². The van der Waals surface area contributed by atoms with Crippen molar-refractivity contribution in [3.8, 4) is 0 Å². The third kappa shape index (κ3) is 2.45. The Morgan fingerprint density at radius 3 is 2.90 bits per heavy atom. The van der Waals surface area contributed by atoms with Crippen molar-refractivity contribution in [1.29, 1.82) is 0 Å². The molecular weight excluding hydrogens is 268 g/mol.